The molecule has 0 radical (unpaired) electrons. The second-order valence-corrected chi connectivity index (χ2v) is 3.59. The first-order valence-corrected chi connectivity index (χ1v) is 5.02. The highest BCUT2D eigenvalue weighted by Crippen LogP contribution is 2.23. The van der Waals surface area contributed by atoms with Gasteiger partial charge in [-0.15, -0.1) is 0 Å². The molecule has 0 atom stereocenters. The lowest BCUT2D eigenvalue weighted by atomic mass is 9.98. The molecule has 0 saturated carbocycles. The lowest BCUT2D eigenvalue weighted by molar-refractivity contribution is 0.653. The molecule has 0 N–H and O–H groups in total. The van der Waals surface area contributed by atoms with E-state index in [2.05, 4.69) is 31.5 Å². The van der Waals surface area contributed by atoms with E-state index in [1.807, 2.05) is 30.4 Å². The number of allylic oxidation sites excluding steroid dienone is 3. The van der Waals surface area contributed by atoms with Gasteiger partial charge in [-0.05, 0) is 24.5 Å². The Hall–Kier alpha value is -1.31. The summed E-state index contributed by atoms with van der Waals surface area (Å²) in [6.07, 6.45) is 7.95. The van der Waals surface area contributed by atoms with Crippen molar-refractivity contribution in [2.45, 2.75) is 20.8 Å². The maximum atomic E-state index is 4.20. The molecule has 2 heteroatoms. The number of hydrogen-bond donors (Lipinski definition) is 0. The minimum atomic E-state index is 0.505. The number of nitrogens with zero attached hydrogens (tertiary/aromatic N) is 2. The normalized spacial score (nSPS) is 17.0. The van der Waals surface area contributed by atoms with Crippen molar-refractivity contribution < 1.29 is 0 Å². The van der Waals surface area contributed by atoms with Crippen LogP contribution in [0.5, 0.6) is 0 Å². The fourth-order valence-corrected chi connectivity index (χ4v) is 1.38. The summed E-state index contributed by atoms with van der Waals surface area (Å²) in [7, 11) is 0. The first-order chi connectivity index (χ1) is 6.66. The summed E-state index contributed by atoms with van der Waals surface area (Å²) in [5.41, 5.74) is 2.30. The molecule has 0 bridgehead atoms. The van der Waals surface area contributed by atoms with Gasteiger partial charge in [0.25, 0.3) is 0 Å². The van der Waals surface area contributed by atoms with Crippen LogP contribution in [-0.4, -0.2) is 17.8 Å². The molecular weight excluding hydrogens is 172 g/mol. The fourth-order valence-electron chi connectivity index (χ4n) is 1.38. The quantitative estimate of drug-likeness (QED) is 0.493. The molecule has 0 aliphatic carbocycles. The van der Waals surface area contributed by atoms with Gasteiger partial charge in [-0.25, -0.2) is 0 Å². The molecule has 0 fully saturated rings. The molecule has 0 aromatic heterocycles. The Kier molecular flexibility index (Phi) is 3.69. The van der Waals surface area contributed by atoms with Crippen LogP contribution in [0, 0.1) is 5.92 Å². The third-order valence-corrected chi connectivity index (χ3v) is 2.18. The van der Waals surface area contributed by atoms with E-state index in [4.69, 9.17) is 0 Å². The SMILES string of the molecule is C=C1C(C(C)C)=CC=CN1C=NCC. The summed E-state index contributed by atoms with van der Waals surface area (Å²) in [6, 6.07) is 0. The Balaban J connectivity index is 2.78. The van der Waals surface area contributed by atoms with Crippen LogP contribution in [0.4, 0.5) is 0 Å². The minimum Gasteiger partial charge on any atom is -0.309 e. The molecular formula is C12H18N2. The van der Waals surface area contributed by atoms with Crippen molar-refractivity contribution in [3.8, 4) is 0 Å². The second kappa shape index (κ2) is 4.80. The maximum absolute atomic E-state index is 4.20. The molecule has 1 aliphatic rings. The number of hydrogen-bond acceptors (Lipinski definition) is 1. The van der Waals surface area contributed by atoms with Gasteiger partial charge in [0.2, 0.25) is 0 Å². The van der Waals surface area contributed by atoms with Gasteiger partial charge in [0, 0.05) is 18.4 Å². The van der Waals surface area contributed by atoms with Crippen LogP contribution in [0.3, 0.4) is 0 Å². The lowest BCUT2D eigenvalue weighted by Crippen LogP contribution is -2.19. The third kappa shape index (κ3) is 2.34. The van der Waals surface area contributed by atoms with Crippen LogP contribution in [0.25, 0.3) is 0 Å². The standard InChI is InChI=1S/C12H18N2/c1-5-13-9-14-8-6-7-12(10(2)3)11(14)4/h6-10H,4-5H2,1-3H3. The number of aliphatic imine (C=N–C) groups is 1. The molecule has 0 aromatic carbocycles. The lowest BCUT2D eigenvalue weighted by Gasteiger charge is -2.25. The van der Waals surface area contributed by atoms with Crippen molar-refractivity contribution >= 4 is 6.34 Å². The molecule has 2 nitrogen and oxygen atoms in total. The zero-order chi connectivity index (χ0) is 10.6. The van der Waals surface area contributed by atoms with E-state index in [-0.39, 0.29) is 0 Å². The molecule has 1 aliphatic heterocycles. The van der Waals surface area contributed by atoms with Crippen LogP contribution >= 0.6 is 0 Å². The maximum Gasteiger partial charge on any atom is 0.0935 e. The van der Waals surface area contributed by atoms with Gasteiger partial charge in [-0.1, -0.05) is 26.5 Å². The monoisotopic (exact) mass is 190 g/mol. The summed E-state index contributed by atoms with van der Waals surface area (Å²) in [4.78, 5) is 6.17. The van der Waals surface area contributed by atoms with Crippen molar-refractivity contribution in [2.75, 3.05) is 6.54 Å². The molecule has 0 aromatic rings. The summed E-state index contributed by atoms with van der Waals surface area (Å²) in [5, 5.41) is 0. The molecule has 76 valence electrons. The summed E-state index contributed by atoms with van der Waals surface area (Å²) in [6.45, 7) is 11.2. The Morgan fingerprint density at radius 2 is 2.29 bits per heavy atom. The van der Waals surface area contributed by atoms with Gasteiger partial charge >= 0.3 is 0 Å². The molecule has 0 amide bonds. The highest BCUT2D eigenvalue weighted by atomic mass is 15.1. The van der Waals surface area contributed by atoms with Gasteiger partial charge in [-0.2, -0.15) is 0 Å². The molecule has 1 rings (SSSR count). The van der Waals surface area contributed by atoms with Crippen molar-refractivity contribution in [3.63, 3.8) is 0 Å². The minimum absolute atomic E-state index is 0.505. The van der Waals surface area contributed by atoms with Gasteiger partial charge < -0.3 is 4.90 Å². The van der Waals surface area contributed by atoms with E-state index in [9.17, 15) is 0 Å². The molecule has 0 unspecified atom stereocenters. The molecule has 0 spiro atoms. The Morgan fingerprint density at radius 1 is 1.57 bits per heavy atom. The zero-order valence-corrected chi connectivity index (χ0v) is 9.20. The van der Waals surface area contributed by atoms with E-state index in [1.54, 1.807) is 0 Å². The van der Waals surface area contributed by atoms with Crippen LogP contribution in [-0.2, 0) is 0 Å². The first kappa shape index (κ1) is 10.8. The van der Waals surface area contributed by atoms with Crippen molar-refractivity contribution in [1.29, 1.82) is 0 Å². The highest BCUT2D eigenvalue weighted by molar-refractivity contribution is 5.63. The highest BCUT2D eigenvalue weighted by Gasteiger charge is 2.13. The van der Waals surface area contributed by atoms with Crippen molar-refractivity contribution in [3.05, 3.63) is 36.2 Å². The van der Waals surface area contributed by atoms with Gasteiger partial charge in [-0.3, -0.25) is 4.99 Å². The van der Waals surface area contributed by atoms with Crippen molar-refractivity contribution in [1.82, 2.24) is 4.90 Å². The van der Waals surface area contributed by atoms with Gasteiger partial charge in [0.15, 0.2) is 0 Å². The average molecular weight is 190 g/mol. The van der Waals surface area contributed by atoms with E-state index >= 15 is 0 Å². The van der Waals surface area contributed by atoms with Crippen LogP contribution in [0.2, 0.25) is 0 Å². The average Bonchev–Trinajstić information content (AvgIpc) is 2.16. The van der Waals surface area contributed by atoms with E-state index in [0.29, 0.717) is 5.92 Å². The van der Waals surface area contributed by atoms with E-state index < -0.39 is 0 Å². The van der Waals surface area contributed by atoms with E-state index in [0.717, 1.165) is 12.2 Å². The topological polar surface area (TPSA) is 15.6 Å². The fraction of sp³-hybridized carbons (Fsp3) is 0.417. The van der Waals surface area contributed by atoms with Crippen LogP contribution < -0.4 is 0 Å². The summed E-state index contributed by atoms with van der Waals surface area (Å²) >= 11 is 0. The Morgan fingerprint density at radius 3 is 2.86 bits per heavy atom. The predicted octanol–water partition coefficient (Wildman–Crippen LogP) is 2.96. The zero-order valence-electron chi connectivity index (χ0n) is 9.20. The summed E-state index contributed by atoms with van der Waals surface area (Å²) < 4.78 is 0. The Bertz CT molecular complexity index is 295. The first-order valence-electron chi connectivity index (χ1n) is 5.02. The smallest absolute Gasteiger partial charge is 0.0935 e. The van der Waals surface area contributed by atoms with Crippen LogP contribution in [0.15, 0.2) is 41.2 Å². The largest absolute Gasteiger partial charge is 0.309 e. The van der Waals surface area contributed by atoms with E-state index in [1.165, 1.54) is 5.57 Å². The van der Waals surface area contributed by atoms with Crippen molar-refractivity contribution in [2.24, 2.45) is 10.9 Å². The predicted molar refractivity (Wildman–Crippen MR) is 62.1 cm³/mol. The van der Waals surface area contributed by atoms with Gasteiger partial charge in [0.05, 0.1) is 6.34 Å². The summed E-state index contributed by atoms with van der Waals surface area (Å²) in [5.74, 6) is 0.505. The van der Waals surface area contributed by atoms with Crippen LogP contribution in [0.1, 0.15) is 20.8 Å². The van der Waals surface area contributed by atoms with Gasteiger partial charge in [0.1, 0.15) is 0 Å². The Labute approximate surface area is 86.3 Å². The molecule has 14 heavy (non-hydrogen) atoms. The number of rotatable bonds is 3. The second-order valence-electron chi connectivity index (χ2n) is 3.59. The molecule has 1 heterocycles. The molecule has 0 saturated heterocycles. The third-order valence-electron chi connectivity index (χ3n) is 2.18.